The number of hydrogen-bond donors (Lipinski definition) is 0. The van der Waals surface area contributed by atoms with Gasteiger partial charge in [-0.15, -0.1) is 0 Å². The van der Waals surface area contributed by atoms with Crippen LogP contribution in [0.25, 0.3) is 21.5 Å². The zero-order chi connectivity index (χ0) is 11.0. The first kappa shape index (κ1) is 9.10. The number of benzene rings is 2. The van der Waals surface area contributed by atoms with Crippen molar-refractivity contribution in [1.82, 2.24) is 0 Å². The standard InChI is InChI=1S/C15H10O/c16-15-10-12-6-2-1-5-11(12)9-13-7-3-4-8-14(13)15/h1-10H. The third-order valence-electron chi connectivity index (χ3n) is 2.82. The average Bonchev–Trinajstić information content (AvgIpc) is 2.45. The number of hydrogen-bond acceptors (Lipinski definition) is 1. The summed E-state index contributed by atoms with van der Waals surface area (Å²) >= 11 is 0. The van der Waals surface area contributed by atoms with E-state index < -0.39 is 0 Å². The Kier molecular flexibility index (Phi) is 1.97. The van der Waals surface area contributed by atoms with Crippen LogP contribution in [0.5, 0.6) is 0 Å². The molecule has 0 saturated heterocycles. The van der Waals surface area contributed by atoms with Crippen molar-refractivity contribution in [2.75, 3.05) is 0 Å². The topological polar surface area (TPSA) is 17.1 Å². The second-order valence-electron chi connectivity index (χ2n) is 3.87. The Bertz CT molecular complexity index is 729. The largest absolute Gasteiger partial charge is 0.289 e. The fourth-order valence-electron chi connectivity index (χ4n) is 2.01. The van der Waals surface area contributed by atoms with E-state index in [1.165, 1.54) is 0 Å². The molecule has 0 N–H and O–H groups in total. The minimum absolute atomic E-state index is 0.0804. The van der Waals surface area contributed by atoms with Gasteiger partial charge in [0.25, 0.3) is 0 Å². The normalized spacial score (nSPS) is 10.8. The lowest BCUT2D eigenvalue weighted by Crippen LogP contribution is -1.93. The molecule has 3 aromatic carbocycles. The maximum Gasteiger partial charge on any atom is 0.187 e. The minimum atomic E-state index is 0.0804. The van der Waals surface area contributed by atoms with Crippen LogP contribution in [0.1, 0.15) is 0 Å². The first-order valence-corrected chi connectivity index (χ1v) is 5.26. The van der Waals surface area contributed by atoms with Crippen LogP contribution in [-0.4, -0.2) is 0 Å². The zero-order valence-electron chi connectivity index (χ0n) is 8.68. The zero-order valence-corrected chi connectivity index (χ0v) is 8.68. The Labute approximate surface area is 93.0 Å². The van der Waals surface area contributed by atoms with E-state index in [4.69, 9.17) is 0 Å². The summed E-state index contributed by atoms with van der Waals surface area (Å²) in [6.45, 7) is 0. The van der Waals surface area contributed by atoms with Crippen LogP contribution in [-0.2, 0) is 0 Å². The van der Waals surface area contributed by atoms with Gasteiger partial charge in [-0.1, -0.05) is 48.5 Å². The molecule has 3 aromatic rings. The lowest BCUT2D eigenvalue weighted by Gasteiger charge is -1.90. The molecule has 0 atom stereocenters. The van der Waals surface area contributed by atoms with Crippen LogP contribution in [0.2, 0.25) is 0 Å². The molecule has 0 aliphatic rings. The molecule has 0 aliphatic carbocycles. The highest BCUT2D eigenvalue weighted by Gasteiger charge is 1.97. The summed E-state index contributed by atoms with van der Waals surface area (Å²) in [7, 11) is 0. The predicted molar refractivity (Wildman–Crippen MR) is 67.7 cm³/mol. The molecule has 0 spiro atoms. The summed E-state index contributed by atoms with van der Waals surface area (Å²) in [4.78, 5) is 12.0. The quantitative estimate of drug-likeness (QED) is 0.551. The Morgan fingerprint density at radius 1 is 0.625 bits per heavy atom. The van der Waals surface area contributed by atoms with Gasteiger partial charge in [0.15, 0.2) is 5.43 Å². The van der Waals surface area contributed by atoms with Crippen LogP contribution in [0.3, 0.4) is 0 Å². The highest BCUT2D eigenvalue weighted by Crippen LogP contribution is 2.16. The summed E-state index contributed by atoms with van der Waals surface area (Å²) in [6.07, 6.45) is 0. The molecule has 0 aromatic heterocycles. The van der Waals surface area contributed by atoms with E-state index in [2.05, 4.69) is 6.07 Å². The summed E-state index contributed by atoms with van der Waals surface area (Å²) in [5.41, 5.74) is 0.0804. The van der Waals surface area contributed by atoms with E-state index in [0.29, 0.717) is 0 Å². The Morgan fingerprint density at radius 2 is 1.19 bits per heavy atom. The molecule has 0 heterocycles. The van der Waals surface area contributed by atoms with E-state index in [0.717, 1.165) is 21.5 Å². The van der Waals surface area contributed by atoms with E-state index in [1.807, 2.05) is 48.5 Å². The summed E-state index contributed by atoms with van der Waals surface area (Å²) in [5.74, 6) is 0. The SMILES string of the molecule is O=c1cc2ccccc2cc2ccccc12. The van der Waals surface area contributed by atoms with Crippen LogP contribution < -0.4 is 5.43 Å². The molecule has 0 bridgehead atoms. The summed E-state index contributed by atoms with van der Waals surface area (Å²) in [5, 5.41) is 3.86. The lowest BCUT2D eigenvalue weighted by molar-refractivity contribution is 1.73. The van der Waals surface area contributed by atoms with E-state index in [9.17, 15) is 4.79 Å². The molecule has 76 valence electrons. The van der Waals surface area contributed by atoms with Crippen molar-refractivity contribution in [2.45, 2.75) is 0 Å². The molecule has 3 rings (SSSR count). The van der Waals surface area contributed by atoms with Crippen LogP contribution >= 0.6 is 0 Å². The van der Waals surface area contributed by atoms with Crippen LogP contribution in [0.4, 0.5) is 0 Å². The van der Waals surface area contributed by atoms with Crippen LogP contribution in [0.15, 0.2) is 65.5 Å². The van der Waals surface area contributed by atoms with Gasteiger partial charge in [-0.2, -0.15) is 0 Å². The first-order chi connectivity index (χ1) is 7.84. The van der Waals surface area contributed by atoms with Gasteiger partial charge < -0.3 is 0 Å². The molecule has 1 heteroatoms. The van der Waals surface area contributed by atoms with Gasteiger partial charge >= 0.3 is 0 Å². The molecule has 1 nitrogen and oxygen atoms in total. The summed E-state index contributed by atoms with van der Waals surface area (Å²) < 4.78 is 0. The maximum absolute atomic E-state index is 12.0. The highest BCUT2D eigenvalue weighted by atomic mass is 16.1. The van der Waals surface area contributed by atoms with Crippen molar-refractivity contribution in [1.29, 1.82) is 0 Å². The molecule has 0 saturated carbocycles. The second-order valence-corrected chi connectivity index (χ2v) is 3.87. The molecule has 0 fully saturated rings. The van der Waals surface area contributed by atoms with Gasteiger partial charge in [-0.3, -0.25) is 4.79 Å². The van der Waals surface area contributed by atoms with Gasteiger partial charge in [0, 0.05) is 5.39 Å². The lowest BCUT2D eigenvalue weighted by atomic mass is 10.1. The Hall–Kier alpha value is -2.15. The van der Waals surface area contributed by atoms with Crippen molar-refractivity contribution in [3.8, 4) is 0 Å². The molecule has 0 amide bonds. The molecule has 0 radical (unpaired) electrons. The highest BCUT2D eigenvalue weighted by molar-refractivity contribution is 5.93. The molecule has 16 heavy (non-hydrogen) atoms. The molecule has 0 unspecified atom stereocenters. The molecule has 0 aliphatic heterocycles. The number of rotatable bonds is 0. The smallest absolute Gasteiger partial charge is 0.187 e. The van der Waals surface area contributed by atoms with Gasteiger partial charge in [-0.05, 0) is 28.3 Å². The third-order valence-corrected chi connectivity index (χ3v) is 2.82. The predicted octanol–water partition coefficient (Wildman–Crippen LogP) is 3.35. The first-order valence-electron chi connectivity index (χ1n) is 5.26. The van der Waals surface area contributed by atoms with Crippen LogP contribution in [0, 0.1) is 0 Å². The van der Waals surface area contributed by atoms with E-state index in [-0.39, 0.29) is 5.43 Å². The average molecular weight is 206 g/mol. The van der Waals surface area contributed by atoms with Crippen molar-refractivity contribution in [3.63, 3.8) is 0 Å². The molecular weight excluding hydrogens is 196 g/mol. The second kappa shape index (κ2) is 3.46. The monoisotopic (exact) mass is 206 g/mol. The van der Waals surface area contributed by atoms with Crippen molar-refractivity contribution in [2.24, 2.45) is 0 Å². The fourth-order valence-corrected chi connectivity index (χ4v) is 2.01. The van der Waals surface area contributed by atoms with Crippen molar-refractivity contribution >= 4 is 21.5 Å². The molecular formula is C15H10O. The van der Waals surface area contributed by atoms with Gasteiger partial charge in [-0.25, -0.2) is 0 Å². The van der Waals surface area contributed by atoms with Gasteiger partial charge in [0.05, 0.1) is 0 Å². The van der Waals surface area contributed by atoms with Gasteiger partial charge in [0.2, 0.25) is 0 Å². The maximum atomic E-state index is 12.0. The van der Waals surface area contributed by atoms with Crippen molar-refractivity contribution < 1.29 is 0 Å². The Morgan fingerprint density at radius 3 is 1.94 bits per heavy atom. The van der Waals surface area contributed by atoms with Gasteiger partial charge in [0.1, 0.15) is 0 Å². The number of fused-ring (bicyclic) bond motifs is 2. The van der Waals surface area contributed by atoms with E-state index >= 15 is 0 Å². The minimum Gasteiger partial charge on any atom is -0.289 e. The van der Waals surface area contributed by atoms with Crippen molar-refractivity contribution in [3.05, 3.63) is 70.9 Å². The van der Waals surface area contributed by atoms with E-state index in [1.54, 1.807) is 6.07 Å². The fraction of sp³-hybridized carbons (Fsp3) is 0. The third kappa shape index (κ3) is 1.38. The summed E-state index contributed by atoms with van der Waals surface area (Å²) in [6, 6.07) is 19.4. The Balaban J connectivity index is 2.65.